The summed E-state index contributed by atoms with van der Waals surface area (Å²) in [6, 6.07) is 6.75. The molecule has 4 nitrogen and oxygen atoms in total. The molecule has 0 radical (unpaired) electrons. The van der Waals surface area contributed by atoms with Crippen molar-refractivity contribution in [2.24, 2.45) is 5.73 Å². The largest absolute Gasteiger partial charge is 0.497 e. The average molecular weight is 287 g/mol. The molecular formula is C17H25N3O. The van der Waals surface area contributed by atoms with E-state index in [4.69, 9.17) is 15.5 Å². The van der Waals surface area contributed by atoms with Gasteiger partial charge in [0.15, 0.2) is 0 Å². The first-order valence-electron chi connectivity index (χ1n) is 7.93. The van der Waals surface area contributed by atoms with Crippen LogP contribution in [0.5, 0.6) is 5.75 Å². The molecule has 0 saturated heterocycles. The molecular weight excluding hydrogens is 262 g/mol. The molecule has 0 aliphatic heterocycles. The molecule has 1 aliphatic rings. The summed E-state index contributed by atoms with van der Waals surface area (Å²) in [6.07, 6.45) is 4.75. The number of benzene rings is 1. The van der Waals surface area contributed by atoms with Crippen LogP contribution in [0.1, 0.15) is 57.3 Å². The SMILES string of the molecule is COc1ccc2c(c1)nc(C1CCCCC1N)n2C(C)C. The lowest BCUT2D eigenvalue weighted by Gasteiger charge is -2.29. The van der Waals surface area contributed by atoms with Gasteiger partial charge in [0.25, 0.3) is 0 Å². The molecule has 21 heavy (non-hydrogen) atoms. The first kappa shape index (κ1) is 14.4. The van der Waals surface area contributed by atoms with Crippen molar-refractivity contribution < 1.29 is 4.74 Å². The van der Waals surface area contributed by atoms with Gasteiger partial charge in [0.2, 0.25) is 0 Å². The average Bonchev–Trinajstić information content (AvgIpc) is 2.85. The highest BCUT2D eigenvalue weighted by Crippen LogP contribution is 2.35. The van der Waals surface area contributed by atoms with Crippen molar-refractivity contribution >= 4 is 11.0 Å². The first-order valence-corrected chi connectivity index (χ1v) is 7.93. The van der Waals surface area contributed by atoms with Crippen LogP contribution < -0.4 is 10.5 Å². The summed E-state index contributed by atoms with van der Waals surface area (Å²) < 4.78 is 7.68. The van der Waals surface area contributed by atoms with Crippen LogP contribution in [-0.2, 0) is 0 Å². The molecule has 2 unspecified atom stereocenters. The number of hydrogen-bond donors (Lipinski definition) is 1. The third-order valence-electron chi connectivity index (χ3n) is 4.59. The smallest absolute Gasteiger partial charge is 0.121 e. The van der Waals surface area contributed by atoms with E-state index in [9.17, 15) is 0 Å². The molecule has 0 amide bonds. The fourth-order valence-electron chi connectivity index (χ4n) is 3.51. The van der Waals surface area contributed by atoms with Crippen molar-refractivity contribution in [1.29, 1.82) is 0 Å². The maximum absolute atomic E-state index is 6.38. The van der Waals surface area contributed by atoms with E-state index in [1.807, 2.05) is 12.1 Å². The molecule has 1 aromatic heterocycles. The molecule has 2 aromatic rings. The Morgan fingerprint density at radius 3 is 2.71 bits per heavy atom. The minimum absolute atomic E-state index is 0.231. The molecule has 114 valence electrons. The second kappa shape index (κ2) is 5.68. The topological polar surface area (TPSA) is 53.1 Å². The molecule has 1 aliphatic carbocycles. The van der Waals surface area contributed by atoms with Crippen molar-refractivity contribution in [3.63, 3.8) is 0 Å². The van der Waals surface area contributed by atoms with Gasteiger partial charge in [-0.15, -0.1) is 0 Å². The summed E-state index contributed by atoms with van der Waals surface area (Å²) >= 11 is 0. The minimum atomic E-state index is 0.231. The second-order valence-corrected chi connectivity index (χ2v) is 6.34. The summed E-state index contributed by atoms with van der Waals surface area (Å²) in [5, 5.41) is 0. The van der Waals surface area contributed by atoms with Gasteiger partial charge in [-0.05, 0) is 38.8 Å². The van der Waals surface area contributed by atoms with Gasteiger partial charge in [0, 0.05) is 24.1 Å². The molecule has 2 N–H and O–H groups in total. The number of imidazole rings is 1. The van der Waals surface area contributed by atoms with Crippen molar-refractivity contribution in [1.82, 2.24) is 9.55 Å². The van der Waals surface area contributed by atoms with Crippen LogP contribution in [0.2, 0.25) is 0 Å². The molecule has 4 heteroatoms. The number of hydrogen-bond acceptors (Lipinski definition) is 3. The number of methoxy groups -OCH3 is 1. The normalized spacial score (nSPS) is 22.9. The van der Waals surface area contributed by atoms with E-state index in [0.717, 1.165) is 29.9 Å². The Bertz CT molecular complexity index is 632. The Kier molecular flexibility index (Phi) is 3.89. The molecule has 1 fully saturated rings. The van der Waals surface area contributed by atoms with E-state index in [1.165, 1.54) is 18.4 Å². The highest BCUT2D eigenvalue weighted by atomic mass is 16.5. The van der Waals surface area contributed by atoms with E-state index in [2.05, 4.69) is 24.5 Å². The van der Waals surface area contributed by atoms with Crippen LogP contribution in [0.3, 0.4) is 0 Å². The minimum Gasteiger partial charge on any atom is -0.497 e. The van der Waals surface area contributed by atoms with Gasteiger partial charge in [-0.3, -0.25) is 0 Å². The van der Waals surface area contributed by atoms with Crippen LogP contribution in [-0.4, -0.2) is 22.7 Å². The van der Waals surface area contributed by atoms with Crippen LogP contribution in [0.4, 0.5) is 0 Å². The van der Waals surface area contributed by atoms with Crippen LogP contribution >= 0.6 is 0 Å². The molecule has 0 bridgehead atoms. The number of nitrogens with two attached hydrogens (primary N) is 1. The summed E-state index contributed by atoms with van der Waals surface area (Å²) in [5.74, 6) is 2.38. The van der Waals surface area contributed by atoms with Crippen molar-refractivity contribution in [3.8, 4) is 5.75 Å². The highest BCUT2D eigenvalue weighted by molar-refractivity contribution is 5.78. The van der Waals surface area contributed by atoms with E-state index in [1.54, 1.807) is 7.11 Å². The predicted molar refractivity (Wildman–Crippen MR) is 85.9 cm³/mol. The van der Waals surface area contributed by atoms with E-state index in [0.29, 0.717) is 12.0 Å². The van der Waals surface area contributed by atoms with Gasteiger partial charge in [-0.25, -0.2) is 4.98 Å². The third-order valence-corrected chi connectivity index (χ3v) is 4.59. The lowest BCUT2D eigenvalue weighted by atomic mass is 9.84. The fraction of sp³-hybridized carbons (Fsp3) is 0.588. The Morgan fingerprint density at radius 2 is 2.05 bits per heavy atom. The molecule has 0 spiro atoms. The maximum atomic E-state index is 6.38. The van der Waals surface area contributed by atoms with Crippen LogP contribution in [0.25, 0.3) is 11.0 Å². The lowest BCUT2D eigenvalue weighted by Crippen LogP contribution is -2.33. The zero-order chi connectivity index (χ0) is 15.0. The van der Waals surface area contributed by atoms with Gasteiger partial charge in [-0.2, -0.15) is 0 Å². The predicted octanol–water partition coefficient (Wildman–Crippen LogP) is 3.61. The zero-order valence-electron chi connectivity index (χ0n) is 13.2. The highest BCUT2D eigenvalue weighted by Gasteiger charge is 2.29. The lowest BCUT2D eigenvalue weighted by molar-refractivity contribution is 0.360. The number of ether oxygens (including phenoxy) is 1. The monoisotopic (exact) mass is 287 g/mol. The maximum Gasteiger partial charge on any atom is 0.121 e. The number of nitrogens with zero attached hydrogens (tertiary/aromatic N) is 2. The quantitative estimate of drug-likeness (QED) is 0.938. The van der Waals surface area contributed by atoms with Gasteiger partial charge in [0.1, 0.15) is 11.6 Å². The number of rotatable bonds is 3. The summed E-state index contributed by atoms with van der Waals surface area (Å²) in [5.41, 5.74) is 8.57. The Morgan fingerprint density at radius 1 is 1.29 bits per heavy atom. The molecule has 2 atom stereocenters. The summed E-state index contributed by atoms with van der Waals surface area (Å²) in [7, 11) is 1.69. The van der Waals surface area contributed by atoms with Crippen LogP contribution in [0, 0.1) is 0 Å². The number of aromatic nitrogens is 2. The van der Waals surface area contributed by atoms with Crippen LogP contribution in [0.15, 0.2) is 18.2 Å². The first-order chi connectivity index (χ1) is 10.1. The fourth-order valence-corrected chi connectivity index (χ4v) is 3.51. The third kappa shape index (κ3) is 2.53. The van der Waals surface area contributed by atoms with Crippen molar-refractivity contribution in [3.05, 3.63) is 24.0 Å². The number of fused-ring (bicyclic) bond motifs is 1. The Balaban J connectivity index is 2.14. The van der Waals surface area contributed by atoms with E-state index >= 15 is 0 Å². The molecule has 1 aromatic carbocycles. The van der Waals surface area contributed by atoms with E-state index in [-0.39, 0.29) is 6.04 Å². The molecule has 1 saturated carbocycles. The van der Waals surface area contributed by atoms with Crippen molar-refractivity contribution in [2.75, 3.05) is 7.11 Å². The van der Waals surface area contributed by atoms with E-state index < -0.39 is 0 Å². The zero-order valence-corrected chi connectivity index (χ0v) is 13.2. The second-order valence-electron chi connectivity index (χ2n) is 6.34. The Hall–Kier alpha value is -1.55. The van der Waals surface area contributed by atoms with Gasteiger partial charge in [0.05, 0.1) is 18.1 Å². The summed E-state index contributed by atoms with van der Waals surface area (Å²) in [4.78, 5) is 4.92. The molecule has 1 heterocycles. The van der Waals surface area contributed by atoms with Gasteiger partial charge in [-0.1, -0.05) is 12.8 Å². The molecule has 3 rings (SSSR count). The standard InChI is InChI=1S/C17H25N3O/c1-11(2)20-16-9-8-12(21-3)10-15(16)19-17(20)13-6-4-5-7-14(13)18/h8-11,13-14H,4-7,18H2,1-3H3. The van der Waals surface area contributed by atoms with Gasteiger partial charge >= 0.3 is 0 Å². The van der Waals surface area contributed by atoms with Gasteiger partial charge < -0.3 is 15.0 Å². The van der Waals surface area contributed by atoms with Crippen molar-refractivity contribution in [2.45, 2.75) is 57.5 Å². The summed E-state index contributed by atoms with van der Waals surface area (Å²) in [6.45, 7) is 4.42. The Labute approximate surface area is 126 Å².